The lowest BCUT2D eigenvalue weighted by molar-refractivity contribution is 0.332. The van der Waals surface area contributed by atoms with Gasteiger partial charge in [-0.15, -0.1) is 0 Å². The number of halogens is 1. The Hall–Kier alpha value is -1.81. The van der Waals surface area contributed by atoms with E-state index in [2.05, 4.69) is 15.3 Å². The lowest BCUT2D eigenvalue weighted by Gasteiger charge is -2.11. The number of nitrogens with zero attached hydrogens (tertiary/aromatic N) is 2. The minimum atomic E-state index is 0.504. The summed E-state index contributed by atoms with van der Waals surface area (Å²) >= 11 is 6.03. The van der Waals surface area contributed by atoms with Crippen LogP contribution in [0.5, 0.6) is 5.75 Å². The van der Waals surface area contributed by atoms with Crippen LogP contribution >= 0.6 is 11.6 Å². The Morgan fingerprint density at radius 1 is 1.30 bits per heavy atom. The number of hydrogen-bond acceptors (Lipinski definition) is 4. The van der Waals surface area contributed by atoms with E-state index in [1.165, 1.54) is 11.9 Å². The van der Waals surface area contributed by atoms with Crippen LogP contribution in [0, 0.1) is 6.92 Å². The van der Waals surface area contributed by atoms with Crippen LogP contribution in [-0.4, -0.2) is 23.1 Å². The van der Waals surface area contributed by atoms with Crippen LogP contribution < -0.4 is 10.1 Å². The van der Waals surface area contributed by atoms with E-state index in [9.17, 15) is 0 Å². The molecule has 0 amide bonds. The van der Waals surface area contributed by atoms with Gasteiger partial charge in [0.2, 0.25) is 0 Å². The summed E-state index contributed by atoms with van der Waals surface area (Å²) < 4.78 is 5.67. The molecule has 20 heavy (non-hydrogen) atoms. The van der Waals surface area contributed by atoms with Crippen LogP contribution in [0.15, 0.2) is 30.6 Å². The predicted molar refractivity (Wildman–Crippen MR) is 81.6 cm³/mol. The van der Waals surface area contributed by atoms with Gasteiger partial charge in [0.25, 0.3) is 0 Å². The average Bonchev–Trinajstić information content (AvgIpc) is 2.44. The standard InChI is InChI=1S/C15H18ClN3O/c1-3-13-14(16)18-10-19-15(13)17-7-8-20-12-6-4-5-11(2)9-12/h4-6,9-10H,3,7-8H2,1-2H3,(H,17,18,19). The van der Waals surface area contributed by atoms with Gasteiger partial charge in [-0.05, 0) is 31.0 Å². The van der Waals surface area contributed by atoms with Crippen molar-refractivity contribution in [3.05, 3.63) is 46.9 Å². The van der Waals surface area contributed by atoms with Crippen molar-refractivity contribution in [1.29, 1.82) is 0 Å². The first kappa shape index (κ1) is 14.6. The number of aromatic nitrogens is 2. The van der Waals surface area contributed by atoms with Crippen molar-refractivity contribution in [2.24, 2.45) is 0 Å². The Labute approximate surface area is 124 Å². The summed E-state index contributed by atoms with van der Waals surface area (Å²) in [6.45, 7) is 5.29. The van der Waals surface area contributed by atoms with Gasteiger partial charge in [-0.25, -0.2) is 9.97 Å². The molecule has 0 saturated heterocycles. The van der Waals surface area contributed by atoms with E-state index in [0.717, 1.165) is 23.6 Å². The fraction of sp³-hybridized carbons (Fsp3) is 0.333. The molecule has 4 nitrogen and oxygen atoms in total. The summed E-state index contributed by atoms with van der Waals surface area (Å²) in [6, 6.07) is 7.99. The van der Waals surface area contributed by atoms with E-state index < -0.39 is 0 Å². The Morgan fingerprint density at radius 2 is 2.15 bits per heavy atom. The topological polar surface area (TPSA) is 47.0 Å². The molecule has 1 N–H and O–H groups in total. The molecule has 0 aliphatic rings. The van der Waals surface area contributed by atoms with Crippen molar-refractivity contribution in [1.82, 2.24) is 9.97 Å². The first-order valence-corrected chi connectivity index (χ1v) is 7.01. The molecule has 0 unspecified atom stereocenters. The highest BCUT2D eigenvalue weighted by molar-refractivity contribution is 6.30. The molecule has 0 aliphatic carbocycles. The van der Waals surface area contributed by atoms with Crippen molar-refractivity contribution < 1.29 is 4.74 Å². The van der Waals surface area contributed by atoms with Crippen molar-refractivity contribution >= 4 is 17.4 Å². The van der Waals surface area contributed by atoms with Gasteiger partial charge in [-0.1, -0.05) is 30.7 Å². The number of hydrogen-bond donors (Lipinski definition) is 1. The highest BCUT2D eigenvalue weighted by Gasteiger charge is 2.07. The number of nitrogens with one attached hydrogen (secondary N) is 1. The first-order valence-electron chi connectivity index (χ1n) is 6.63. The zero-order valence-electron chi connectivity index (χ0n) is 11.7. The van der Waals surface area contributed by atoms with Crippen LogP contribution in [0.2, 0.25) is 5.15 Å². The molecule has 5 heteroatoms. The maximum absolute atomic E-state index is 6.03. The molecule has 1 heterocycles. The predicted octanol–water partition coefficient (Wildman–Crippen LogP) is 3.49. The van der Waals surface area contributed by atoms with Gasteiger partial charge in [0, 0.05) is 5.56 Å². The van der Waals surface area contributed by atoms with Gasteiger partial charge >= 0.3 is 0 Å². The second kappa shape index (κ2) is 7.10. The molecule has 2 aromatic rings. The van der Waals surface area contributed by atoms with E-state index in [1.54, 1.807) is 0 Å². The quantitative estimate of drug-likeness (QED) is 0.654. The fourth-order valence-corrected chi connectivity index (χ4v) is 2.17. The zero-order chi connectivity index (χ0) is 14.4. The maximum Gasteiger partial charge on any atom is 0.137 e. The second-order valence-corrected chi connectivity index (χ2v) is 4.79. The number of rotatable bonds is 6. The van der Waals surface area contributed by atoms with Crippen molar-refractivity contribution in [2.45, 2.75) is 20.3 Å². The summed E-state index contributed by atoms with van der Waals surface area (Å²) in [6.07, 6.45) is 2.26. The molecule has 0 aliphatic heterocycles. The lowest BCUT2D eigenvalue weighted by Crippen LogP contribution is -2.14. The molecule has 106 valence electrons. The molecule has 1 aromatic heterocycles. The molecule has 0 atom stereocenters. The van der Waals surface area contributed by atoms with Crippen molar-refractivity contribution in [3.63, 3.8) is 0 Å². The molecule has 0 saturated carbocycles. The van der Waals surface area contributed by atoms with E-state index in [0.29, 0.717) is 18.3 Å². The number of benzene rings is 1. The van der Waals surface area contributed by atoms with Gasteiger partial charge in [0.05, 0.1) is 6.54 Å². The monoisotopic (exact) mass is 291 g/mol. The third-order valence-corrected chi connectivity index (χ3v) is 3.22. The van der Waals surface area contributed by atoms with Crippen molar-refractivity contribution in [2.75, 3.05) is 18.5 Å². The largest absolute Gasteiger partial charge is 0.492 e. The van der Waals surface area contributed by atoms with Crippen LogP contribution in [0.4, 0.5) is 5.82 Å². The molecule has 1 aromatic carbocycles. The smallest absolute Gasteiger partial charge is 0.137 e. The Bertz CT molecular complexity index is 575. The summed E-state index contributed by atoms with van der Waals surface area (Å²) in [7, 11) is 0. The van der Waals surface area contributed by atoms with Crippen LogP contribution in [-0.2, 0) is 6.42 Å². The van der Waals surface area contributed by atoms with Crippen LogP contribution in [0.25, 0.3) is 0 Å². The van der Waals surface area contributed by atoms with E-state index in [1.807, 2.05) is 38.1 Å². The van der Waals surface area contributed by atoms with Gasteiger partial charge in [-0.2, -0.15) is 0 Å². The molecule has 0 radical (unpaired) electrons. The zero-order valence-corrected chi connectivity index (χ0v) is 12.4. The van der Waals surface area contributed by atoms with E-state index in [-0.39, 0.29) is 0 Å². The van der Waals surface area contributed by atoms with E-state index in [4.69, 9.17) is 16.3 Å². The third-order valence-electron chi connectivity index (χ3n) is 2.90. The molecule has 0 fully saturated rings. The van der Waals surface area contributed by atoms with Gasteiger partial charge in [0.1, 0.15) is 29.7 Å². The SMILES string of the molecule is CCc1c(Cl)ncnc1NCCOc1cccc(C)c1. The minimum absolute atomic E-state index is 0.504. The lowest BCUT2D eigenvalue weighted by atomic mass is 10.2. The Kier molecular flexibility index (Phi) is 5.18. The van der Waals surface area contributed by atoms with Crippen LogP contribution in [0.3, 0.4) is 0 Å². The molecular formula is C15H18ClN3O. The maximum atomic E-state index is 6.03. The first-order chi connectivity index (χ1) is 9.70. The summed E-state index contributed by atoms with van der Waals surface area (Å²) in [5, 5.41) is 3.73. The van der Waals surface area contributed by atoms with E-state index >= 15 is 0 Å². The number of ether oxygens (including phenoxy) is 1. The Balaban J connectivity index is 1.86. The average molecular weight is 292 g/mol. The Morgan fingerprint density at radius 3 is 2.90 bits per heavy atom. The third kappa shape index (κ3) is 3.84. The van der Waals surface area contributed by atoms with Crippen molar-refractivity contribution in [3.8, 4) is 5.75 Å². The number of anilines is 1. The summed E-state index contributed by atoms with van der Waals surface area (Å²) in [5.74, 6) is 1.66. The normalized spacial score (nSPS) is 10.3. The second-order valence-electron chi connectivity index (χ2n) is 4.44. The van der Waals surface area contributed by atoms with Gasteiger partial charge in [0.15, 0.2) is 0 Å². The van der Waals surface area contributed by atoms with Crippen LogP contribution in [0.1, 0.15) is 18.1 Å². The molecular weight excluding hydrogens is 274 g/mol. The van der Waals surface area contributed by atoms with Gasteiger partial charge < -0.3 is 10.1 Å². The summed E-state index contributed by atoms with van der Waals surface area (Å²) in [4.78, 5) is 8.19. The molecule has 0 bridgehead atoms. The van der Waals surface area contributed by atoms with Gasteiger partial charge in [-0.3, -0.25) is 0 Å². The molecule has 2 rings (SSSR count). The molecule has 0 spiro atoms. The highest BCUT2D eigenvalue weighted by atomic mass is 35.5. The highest BCUT2D eigenvalue weighted by Crippen LogP contribution is 2.19. The minimum Gasteiger partial charge on any atom is -0.492 e. The number of aryl methyl sites for hydroxylation is 1. The summed E-state index contributed by atoms with van der Waals surface area (Å²) in [5.41, 5.74) is 2.12. The fourth-order valence-electron chi connectivity index (χ4n) is 1.90.